The first kappa shape index (κ1) is 21.1. The van der Waals surface area contributed by atoms with Crippen molar-refractivity contribution in [3.63, 3.8) is 0 Å². The first-order chi connectivity index (χ1) is 13.1. The highest BCUT2D eigenvalue weighted by molar-refractivity contribution is 14.0. The fraction of sp³-hybridized carbons (Fsp3) is 0.684. The third-order valence-electron chi connectivity index (χ3n) is 6.28. The summed E-state index contributed by atoms with van der Waals surface area (Å²) in [7, 11) is 1.63. The van der Waals surface area contributed by atoms with Gasteiger partial charge in [0.2, 0.25) is 17.7 Å². The van der Waals surface area contributed by atoms with E-state index in [9.17, 15) is 14.4 Å². The molecule has 0 aromatic carbocycles. The Morgan fingerprint density at radius 2 is 1.71 bits per heavy atom. The van der Waals surface area contributed by atoms with Crippen molar-refractivity contribution >= 4 is 47.7 Å². The summed E-state index contributed by atoms with van der Waals surface area (Å²) in [5.74, 6) is 0.679. The van der Waals surface area contributed by atoms with Gasteiger partial charge in [-0.1, -0.05) is 12.2 Å². The molecule has 28 heavy (non-hydrogen) atoms. The molecule has 2 aliphatic heterocycles. The number of likely N-dealkylation sites (tertiary alicyclic amines) is 2. The van der Waals surface area contributed by atoms with Gasteiger partial charge in [-0.15, -0.1) is 24.0 Å². The van der Waals surface area contributed by atoms with Crippen LogP contribution in [0.2, 0.25) is 0 Å². The van der Waals surface area contributed by atoms with E-state index in [0.29, 0.717) is 19.0 Å². The van der Waals surface area contributed by atoms with E-state index in [4.69, 9.17) is 0 Å². The molecular formula is C19H28IN5O3. The lowest BCUT2D eigenvalue weighted by Crippen LogP contribution is -2.46. The second-order valence-electron chi connectivity index (χ2n) is 7.77. The predicted octanol–water partition coefficient (Wildman–Crippen LogP) is 0.199. The molecule has 4 unspecified atom stereocenters. The van der Waals surface area contributed by atoms with Crippen LogP contribution in [0.4, 0.5) is 0 Å². The summed E-state index contributed by atoms with van der Waals surface area (Å²) < 4.78 is 0. The number of aliphatic imine (C=N–C) groups is 1. The van der Waals surface area contributed by atoms with Crippen LogP contribution in [0.25, 0.3) is 0 Å². The standard InChI is InChI=1S/C19H27N5O3.HI/c1-20-19(22-11-14(25)23-7-2-3-8-23)21-6-9-24-17(26)15-12-4-5-13(10-12)16(15)18(24)27;/h4-5,12-13,15-16H,2-3,6-11H2,1H3,(H2,20,21,22);1H. The second-order valence-corrected chi connectivity index (χ2v) is 7.77. The Bertz CT molecular complexity index is 674. The van der Waals surface area contributed by atoms with Crippen LogP contribution in [-0.4, -0.2) is 73.3 Å². The number of amides is 3. The monoisotopic (exact) mass is 501 g/mol. The van der Waals surface area contributed by atoms with Crippen LogP contribution in [0.5, 0.6) is 0 Å². The number of hydrogen-bond donors (Lipinski definition) is 2. The second kappa shape index (κ2) is 8.79. The van der Waals surface area contributed by atoms with Gasteiger partial charge >= 0.3 is 0 Å². The maximum absolute atomic E-state index is 12.6. The van der Waals surface area contributed by atoms with Gasteiger partial charge in [-0.25, -0.2) is 0 Å². The molecule has 0 aromatic rings. The Kier molecular flexibility index (Phi) is 6.61. The van der Waals surface area contributed by atoms with Crippen molar-refractivity contribution in [2.24, 2.45) is 28.7 Å². The summed E-state index contributed by atoms with van der Waals surface area (Å²) in [6.45, 7) is 2.58. The molecule has 0 radical (unpaired) electrons. The van der Waals surface area contributed by atoms with E-state index in [1.54, 1.807) is 7.05 Å². The average Bonchev–Trinajstić information content (AvgIpc) is 3.45. The number of allylic oxidation sites excluding steroid dienone is 2. The molecule has 2 N–H and O–H groups in total. The Hall–Kier alpha value is -1.65. The van der Waals surface area contributed by atoms with Gasteiger partial charge in [-0.3, -0.25) is 24.3 Å². The Labute approximate surface area is 182 Å². The maximum atomic E-state index is 12.6. The van der Waals surface area contributed by atoms with Gasteiger partial charge < -0.3 is 15.5 Å². The molecule has 154 valence electrons. The molecule has 9 heteroatoms. The van der Waals surface area contributed by atoms with Crippen LogP contribution in [0, 0.1) is 23.7 Å². The van der Waals surface area contributed by atoms with Crippen molar-refractivity contribution in [2.45, 2.75) is 19.3 Å². The molecule has 4 atom stereocenters. The molecule has 0 spiro atoms. The number of guanidine groups is 1. The van der Waals surface area contributed by atoms with E-state index in [2.05, 4.69) is 27.8 Å². The van der Waals surface area contributed by atoms with Gasteiger partial charge in [0.25, 0.3) is 0 Å². The molecule has 2 heterocycles. The molecule has 2 saturated heterocycles. The predicted molar refractivity (Wildman–Crippen MR) is 115 cm³/mol. The summed E-state index contributed by atoms with van der Waals surface area (Å²) >= 11 is 0. The minimum absolute atomic E-state index is 0. The summed E-state index contributed by atoms with van der Waals surface area (Å²) in [5, 5.41) is 6.10. The third kappa shape index (κ3) is 3.77. The van der Waals surface area contributed by atoms with E-state index in [1.807, 2.05) is 4.90 Å². The lowest BCUT2D eigenvalue weighted by Gasteiger charge is -2.19. The lowest BCUT2D eigenvalue weighted by atomic mass is 9.85. The fourth-order valence-corrected chi connectivity index (χ4v) is 4.93. The average molecular weight is 501 g/mol. The Morgan fingerprint density at radius 3 is 2.29 bits per heavy atom. The van der Waals surface area contributed by atoms with Gasteiger partial charge in [-0.05, 0) is 31.1 Å². The number of imide groups is 1. The lowest BCUT2D eigenvalue weighted by molar-refractivity contribution is -0.140. The van der Waals surface area contributed by atoms with E-state index in [1.165, 1.54) is 4.90 Å². The van der Waals surface area contributed by atoms with E-state index < -0.39 is 0 Å². The van der Waals surface area contributed by atoms with E-state index in [-0.39, 0.29) is 71.9 Å². The summed E-state index contributed by atoms with van der Waals surface area (Å²) in [5.41, 5.74) is 0. The maximum Gasteiger partial charge on any atom is 0.241 e. The zero-order valence-corrected chi connectivity index (χ0v) is 18.4. The summed E-state index contributed by atoms with van der Waals surface area (Å²) in [6.07, 6.45) is 7.27. The van der Waals surface area contributed by atoms with Gasteiger partial charge in [-0.2, -0.15) is 0 Å². The van der Waals surface area contributed by atoms with Crippen LogP contribution in [0.3, 0.4) is 0 Å². The van der Waals surface area contributed by atoms with E-state index in [0.717, 1.165) is 32.4 Å². The van der Waals surface area contributed by atoms with Crippen LogP contribution in [0.1, 0.15) is 19.3 Å². The SMILES string of the molecule is CN=C(NCCN1C(=O)C2C3C=CC(C3)C2C1=O)NCC(=O)N1CCCC1.I. The molecule has 2 bridgehead atoms. The number of carbonyl (C=O) groups excluding carboxylic acids is 3. The number of nitrogens with one attached hydrogen (secondary N) is 2. The molecule has 1 saturated carbocycles. The highest BCUT2D eigenvalue weighted by atomic mass is 127. The summed E-state index contributed by atoms with van der Waals surface area (Å²) in [4.78, 5) is 44.7. The first-order valence-electron chi connectivity index (χ1n) is 9.86. The topological polar surface area (TPSA) is 94.1 Å². The third-order valence-corrected chi connectivity index (χ3v) is 6.28. The van der Waals surface area contributed by atoms with Crippen LogP contribution in [-0.2, 0) is 14.4 Å². The van der Waals surface area contributed by atoms with Crippen molar-refractivity contribution in [1.82, 2.24) is 20.4 Å². The fourth-order valence-electron chi connectivity index (χ4n) is 4.93. The van der Waals surface area contributed by atoms with Crippen LogP contribution >= 0.6 is 24.0 Å². The van der Waals surface area contributed by atoms with Gasteiger partial charge in [0.05, 0.1) is 18.4 Å². The Morgan fingerprint density at radius 1 is 1.11 bits per heavy atom. The number of halogens is 1. The number of fused-ring (bicyclic) bond motifs is 5. The van der Waals surface area contributed by atoms with Crippen LogP contribution < -0.4 is 10.6 Å². The van der Waals surface area contributed by atoms with Gasteiger partial charge in [0, 0.05) is 33.2 Å². The number of carbonyl (C=O) groups is 3. The molecular weight excluding hydrogens is 473 g/mol. The van der Waals surface area contributed by atoms with Crippen molar-refractivity contribution in [3.8, 4) is 0 Å². The molecule has 0 aromatic heterocycles. The Balaban J connectivity index is 0.00000225. The summed E-state index contributed by atoms with van der Waals surface area (Å²) in [6, 6.07) is 0. The van der Waals surface area contributed by atoms with Crippen molar-refractivity contribution < 1.29 is 14.4 Å². The van der Waals surface area contributed by atoms with Gasteiger partial charge in [0.1, 0.15) is 0 Å². The van der Waals surface area contributed by atoms with E-state index >= 15 is 0 Å². The molecule has 4 rings (SSSR count). The highest BCUT2D eigenvalue weighted by Gasteiger charge is 2.58. The molecule has 2 aliphatic carbocycles. The van der Waals surface area contributed by atoms with Crippen molar-refractivity contribution in [3.05, 3.63) is 12.2 Å². The van der Waals surface area contributed by atoms with Crippen molar-refractivity contribution in [2.75, 3.05) is 39.8 Å². The van der Waals surface area contributed by atoms with Crippen molar-refractivity contribution in [1.29, 1.82) is 0 Å². The molecule has 8 nitrogen and oxygen atoms in total. The zero-order valence-electron chi connectivity index (χ0n) is 16.1. The minimum atomic E-state index is -0.150. The first-order valence-corrected chi connectivity index (χ1v) is 9.86. The molecule has 3 amide bonds. The number of nitrogens with zero attached hydrogens (tertiary/aromatic N) is 3. The normalized spacial score (nSPS) is 30.7. The number of rotatable bonds is 5. The molecule has 3 fully saturated rings. The minimum Gasteiger partial charge on any atom is -0.355 e. The quantitative estimate of drug-likeness (QED) is 0.185. The number of hydrogen-bond acceptors (Lipinski definition) is 4. The molecule has 4 aliphatic rings. The zero-order chi connectivity index (χ0) is 19.0. The van der Waals surface area contributed by atoms with Crippen LogP contribution in [0.15, 0.2) is 17.1 Å². The highest BCUT2D eigenvalue weighted by Crippen LogP contribution is 2.52. The van der Waals surface area contributed by atoms with Gasteiger partial charge in [0.15, 0.2) is 5.96 Å². The largest absolute Gasteiger partial charge is 0.355 e. The smallest absolute Gasteiger partial charge is 0.241 e.